The minimum atomic E-state index is 0. The zero-order valence-electron chi connectivity index (χ0n) is 8.69. The molecule has 0 saturated heterocycles. The van der Waals surface area contributed by atoms with Crippen LogP contribution in [0, 0.1) is 11.8 Å². The molecule has 0 heteroatoms. The van der Waals surface area contributed by atoms with E-state index in [1.165, 1.54) is 32.1 Å². The molecular formula is C21H64. The van der Waals surface area contributed by atoms with E-state index in [1.54, 1.807) is 0 Å². The van der Waals surface area contributed by atoms with Crippen molar-refractivity contribution in [3.8, 4) is 0 Å². The fraction of sp³-hybridized carbons (Fsp3) is 1.00. The third-order valence-corrected chi connectivity index (χ3v) is 2.06. The molecule has 0 unspecified atom stereocenters. The van der Waals surface area contributed by atoms with E-state index in [2.05, 4.69) is 27.7 Å². The zero-order chi connectivity index (χ0) is 8.69. The maximum atomic E-state index is 2.31. The van der Waals surface area contributed by atoms with Crippen LogP contribution in [0.25, 0.3) is 0 Å². The average Bonchev–Trinajstić information content (AvgIpc) is 1.85. The van der Waals surface area contributed by atoms with Crippen molar-refractivity contribution < 1.29 is 0 Å². The van der Waals surface area contributed by atoms with Crippen molar-refractivity contribution in [3.63, 3.8) is 0 Å². The molecule has 0 aliphatic heterocycles. The summed E-state index contributed by atoms with van der Waals surface area (Å²) in [5, 5.41) is 0. The maximum Gasteiger partial charge on any atom is -0.0471 e. The van der Waals surface area contributed by atoms with E-state index >= 15 is 0 Å². The fourth-order valence-corrected chi connectivity index (χ4v) is 1.28. The van der Waals surface area contributed by atoms with Gasteiger partial charge in [-0.2, -0.15) is 0 Å². The molecule has 0 saturated carbocycles. The van der Waals surface area contributed by atoms with Crippen LogP contribution in [0.4, 0.5) is 0 Å². The first-order valence-electron chi connectivity index (χ1n) is 5.13. The van der Waals surface area contributed by atoms with Crippen molar-refractivity contribution in [2.75, 3.05) is 0 Å². The Kier molecular flexibility index (Phi) is 239. The molecule has 0 aromatic rings. The molecule has 21 heavy (non-hydrogen) atoms. The van der Waals surface area contributed by atoms with Gasteiger partial charge in [0.2, 0.25) is 0 Å². The molecule has 0 bridgehead atoms. The predicted octanol–water partition coefficient (Wildman–Crippen LogP) is 10.6. The summed E-state index contributed by atoms with van der Waals surface area (Å²) in [6.07, 6.45) is 7.14. The molecule has 0 fully saturated rings. The molecule has 0 spiro atoms. The van der Waals surface area contributed by atoms with Gasteiger partial charge in [0.1, 0.15) is 0 Å². The summed E-state index contributed by atoms with van der Waals surface area (Å²) < 4.78 is 0. The van der Waals surface area contributed by atoms with E-state index in [0.717, 1.165) is 11.8 Å². The third-order valence-electron chi connectivity index (χ3n) is 2.06. The van der Waals surface area contributed by atoms with E-state index in [1.807, 2.05) is 0 Å². The minimum absolute atomic E-state index is 0. The Hall–Kier alpha value is 0. The molecule has 148 valence electrons. The van der Waals surface area contributed by atoms with Gasteiger partial charge in [-0.25, -0.2) is 0 Å². The van der Waals surface area contributed by atoms with Crippen LogP contribution >= 0.6 is 0 Å². The van der Waals surface area contributed by atoms with Crippen LogP contribution in [0.5, 0.6) is 0 Å². The van der Waals surface area contributed by atoms with Gasteiger partial charge >= 0.3 is 0 Å². The summed E-state index contributed by atoms with van der Waals surface area (Å²) in [4.78, 5) is 0. The van der Waals surface area contributed by atoms with Gasteiger partial charge in [-0.05, 0) is 11.8 Å². The Bertz CT molecular complexity index is 62.1. The summed E-state index contributed by atoms with van der Waals surface area (Å²) in [7, 11) is 0. The van der Waals surface area contributed by atoms with Gasteiger partial charge in [-0.3, -0.25) is 0 Å². The Labute approximate surface area is 146 Å². The van der Waals surface area contributed by atoms with Gasteiger partial charge in [-0.1, -0.05) is 134 Å². The van der Waals surface area contributed by atoms with Crippen LogP contribution in [-0.4, -0.2) is 0 Å². The van der Waals surface area contributed by atoms with E-state index in [9.17, 15) is 0 Å². The van der Waals surface area contributed by atoms with Crippen molar-refractivity contribution in [2.45, 2.75) is 134 Å². The lowest BCUT2D eigenvalue weighted by molar-refractivity contribution is 0.486. The molecule has 0 radical (unpaired) electrons. The van der Waals surface area contributed by atoms with Gasteiger partial charge in [0, 0.05) is 0 Å². The summed E-state index contributed by atoms with van der Waals surface area (Å²) in [6, 6.07) is 0. The molecular weight excluding hydrogens is 252 g/mol. The minimum Gasteiger partial charge on any atom is -0.0776 e. The Morgan fingerprint density at radius 2 is 0.571 bits per heavy atom. The van der Waals surface area contributed by atoms with Crippen molar-refractivity contribution in [3.05, 3.63) is 0 Å². The first-order valence-corrected chi connectivity index (χ1v) is 5.13. The second-order valence-corrected chi connectivity index (χ2v) is 4.43. The maximum absolute atomic E-state index is 2.31. The Morgan fingerprint density at radius 1 is 0.381 bits per heavy atom. The summed E-state index contributed by atoms with van der Waals surface area (Å²) in [5.74, 6) is 1.79. The highest BCUT2D eigenvalue weighted by atomic mass is 14.0. The van der Waals surface area contributed by atoms with Crippen molar-refractivity contribution in [2.24, 2.45) is 11.8 Å². The quantitative estimate of drug-likeness (QED) is 0.427. The number of rotatable bonds is 6. The molecule has 0 rings (SSSR count). The molecule has 0 N–H and O–H groups in total. The van der Waals surface area contributed by atoms with Crippen LogP contribution in [-0.2, 0) is 0 Å². The SMILES string of the molecule is C.C.C.C.C.C.C.C.C.C.CC(C)CCCCCC(C)C. The third kappa shape index (κ3) is 101. The lowest BCUT2D eigenvalue weighted by atomic mass is 10.0. The van der Waals surface area contributed by atoms with E-state index < -0.39 is 0 Å². The molecule has 0 heterocycles. The van der Waals surface area contributed by atoms with Gasteiger partial charge in [0.15, 0.2) is 0 Å². The van der Waals surface area contributed by atoms with Crippen molar-refractivity contribution in [1.82, 2.24) is 0 Å². The van der Waals surface area contributed by atoms with Crippen LogP contribution in [0.15, 0.2) is 0 Å². The van der Waals surface area contributed by atoms with Crippen molar-refractivity contribution >= 4 is 0 Å². The molecule has 0 aliphatic rings. The smallest absolute Gasteiger partial charge is 0.0471 e. The standard InChI is InChI=1S/C11H24.10CH4/c1-10(2)8-6-5-7-9-11(3)4;;;;;;;;;;/h10-11H,5-9H2,1-4H3;10*1H4. The first kappa shape index (κ1) is 84.0. The number of hydrogen-bond acceptors (Lipinski definition) is 0. The first-order chi connectivity index (χ1) is 5.13. The molecule has 0 atom stereocenters. The largest absolute Gasteiger partial charge is 0.0776 e. The molecule has 0 aliphatic carbocycles. The number of hydrogen-bond donors (Lipinski definition) is 0. The highest BCUT2D eigenvalue weighted by Gasteiger charge is 1.95. The molecule has 0 nitrogen and oxygen atoms in total. The average molecular weight is 317 g/mol. The topological polar surface area (TPSA) is 0 Å². The van der Waals surface area contributed by atoms with Gasteiger partial charge < -0.3 is 0 Å². The molecule has 0 amide bonds. The van der Waals surface area contributed by atoms with Gasteiger partial charge in [0.25, 0.3) is 0 Å². The van der Waals surface area contributed by atoms with Crippen LogP contribution in [0.3, 0.4) is 0 Å². The fourth-order valence-electron chi connectivity index (χ4n) is 1.28. The highest BCUT2D eigenvalue weighted by Crippen LogP contribution is 2.12. The second kappa shape index (κ2) is 59.7. The van der Waals surface area contributed by atoms with Crippen LogP contribution < -0.4 is 0 Å². The highest BCUT2D eigenvalue weighted by molar-refractivity contribution is 4.49. The summed E-state index contributed by atoms with van der Waals surface area (Å²) >= 11 is 0. The zero-order valence-corrected chi connectivity index (χ0v) is 8.69. The Morgan fingerprint density at radius 3 is 0.714 bits per heavy atom. The lowest BCUT2D eigenvalue weighted by Gasteiger charge is -2.05. The van der Waals surface area contributed by atoms with E-state index in [-0.39, 0.29) is 74.3 Å². The van der Waals surface area contributed by atoms with Gasteiger partial charge in [0.05, 0.1) is 0 Å². The summed E-state index contributed by atoms with van der Waals surface area (Å²) in [5.41, 5.74) is 0. The van der Waals surface area contributed by atoms with Crippen LogP contribution in [0.1, 0.15) is 134 Å². The normalized spacial score (nSPS) is 6.00. The number of unbranched alkanes of at least 4 members (excludes halogenated alkanes) is 2. The predicted molar refractivity (Wildman–Crippen MR) is 120 cm³/mol. The van der Waals surface area contributed by atoms with Gasteiger partial charge in [-0.15, -0.1) is 0 Å². The second-order valence-electron chi connectivity index (χ2n) is 4.43. The van der Waals surface area contributed by atoms with Crippen LogP contribution in [0.2, 0.25) is 0 Å². The Balaban J connectivity index is -0.0000000111. The monoisotopic (exact) mass is 317 g/mol. The van der Waals surface area contributed by atoms with Crippen molar-refractivity contribution in [1.29, 1.82) is 0 Å². The summed E-state index contributed by atoms with van der Waals surface area (Å²) in [6.45, 7) is 9.23. The molecule has 0 aromatic heterocycles. The van der Waals surface area contributed by atoms with E-state index in [0.29, 0.717) is 0 Å². The van der Waals surface area contributed by atoms with E-state index in [4.69, 9.17) is 0 Å². The lowest BCUT2D eigenvalue weighted by Crippen LogP contribution is -1.89. The molecule has 0 aromatic carbocycles.